The van der Waals surface area contributed by atoms with Crippen LogP contribution in [0.5, 0.6) is 0 Å². The maximum Gasteiger partial charge on any atom is 0.0215 e. The lowest BCUT2D eigenvalue weighted by atomic mass is 9.91. The lowest BCUT2D eigenvalue weighted by molar-refractivity contribution is 1.54. The summed E-state index contributed by atoms with van der Waals surface area (Å²) in [7, 11) is 0. The molecule has 0 bridgehead atoms. The molecule has 0 nitrogen and oxygen atoms in total. The van der Waals surface area contributed by atoms with Crippen molar-refractivity contribution in [2.24, 2.45) is 0 Å². The lowest BCUT2D eigenvalue weighted by Crippen LogP contribution is -1.91. The second-order valence-electron chi connectivity index (χ2n) is 5.98. The highest BCUT2D eigenvalue weighted by molar-refractivity contribution is 14.1. The lowest BCUT2D eigenvalue weighted by Gasteiger charge is -2.15. The zero-order valence-corrected chi connectivity index (χ0v) is 15.9. The highest BCUT2D eigenvalue weighted by Crippen LogP contribution is 2.38. The molecule has 0 amide bonds. The van der Waals surface area contributed by atoms with Gasteiger partial charge in [-0.2, -0.15) is 0 Å². The van der Waals surface area contributed by atoms with Gasteiger partial charge in [0.25, 0.3) is 0 Å². The van der Waals surface area contributed by atoms with E-state index < -0.39 is 0 Å². The van der Waals surface area contributed by atoms with Gasteiger partial charge < -0.3 is 0 Å². The fourth-order valence-corrected chi connectivity index (χ4v) is 3.90. The Morgan fingerprint density at radius 3 is 1.20 bits per heavy atom. The average molecular weight is 432 g/mol. The molecule has 0 unspecified atom stereocenters. The van der Waals surface area contributed by atoms with Crippen molar-refractivity contribution >= 4 is 22.6 Å². The van der Waals surface area contributed by atoms with E-state index in [2.05, 4.69) is 126 Å². The Morgan fingerprint density at radius 2 is 0.760 bits per heavy atom. The number of hydrogen-bond donors (Lipinski definition) is 0. The first-order valence-corrected chi connectivity index (χ1v) is 9.40. The molecule has 4 rings (SSSR count). The summed E-state index contributed by atoms with van der Waals surface area (Å²) < 4.78 is 1.27. The van der Waals surface area contributed by atoms with Crippen molar-refractivity contribution in [3.05, 3.63) is 107 Å². The van der Waals surface area contributed by atoms with Crippen LogP contribution in [-0.2, 0) is 0 Å². The van der Waals surface area contributed by atoms with Crippen molar-refractivity contribution in [1.82, 2.24) is 0 Å². The largest absolute Gasteiger partial charge is 0.0622 e. The van der Waals surface area contributed by atoms with Crippen molar-refractivity contribution in [3.63, 3.8) is 0 Å². The van der Waals surface area contributed by atoms with E-state index in [1.165, 1.54) is 37.0 Å². The molecule has 120 valence electrons. The van der Waals surface area contributed by atoms with Crippen LogP contribution in [0.3, 0.4) is 0 Å². The molecule has 0 fully saturated rings. The third-order valence-electron chi connectivity index (χ3n) is 4.36. The summed E-state index contributed by atoms with van der Waals surface area (Å²) in [5.74, 6) is 0. The van der Waals surface area contributed by atoms with Gasteiger partial charge in [0.15, 0.2) is 0 Å². The number of benzene rings is 4. The van der Waals surface area contributed by atoms with Gasteiger partial charge >= 0.3 is 0 Å². The minimum absolute atomic E-state index is 1.25. The Hall–Kier alpha value is -2.39. The molecule has 0 heterocycles. The normalized spacial score (nSPS) is 10.6. The van der Waals surface area contributed by atoms with Gasteiger partial charge in [-0.3, -0.25) is 0 Å². The molecule has 0 aliphatic carbocycles. The summed E-state index contributed by atoms with van der Waals surface area (Å²) in [5.41, 5.74) is 7.57. The molecule has 0 aliphatic rings. The van der Waals surface area contributed by atoms with Crippen LogP contribution in [0, 0.1) is 3.57 Å². The van der Waals surface area contributed by atoms with Gasteiger partial charge in [-0.05, 0) is 68.1 Å². The Balaban J connectivity index is 1.98. The number of halogens is 1. The monoisotopic (exact) mass is 432 g/mol. The fraction of sp³-hybridized carbons (Fsp3) is 0. The molecule has 1 heteroatoms. The van der Waals surface area contributed by atoms with Crippen molar-refractivity contribution < 1.29 is 0 Å². The molecule has 0 aliphatic heterocycles. The molecule has 0 saturated carbocycles. The molecule has 0 N–H and O–H groups in total. The zero-order valence-electron chi connectivity index (χ0n) is 13.7. The fourth-order valence-electron chi connectivity index (χ4n) is 3.13. The van der Waals surface area contributed by atoms with Gasteiger partial charge in [0, 0.05) is 3.57 Å². The van der Waals surface area contributed by atoms with Crippen LogP contribution < -0.4 is 0 Å². The third-order valence-corrected chi connectivity index (χ3v) is 5.25. The Kier molecular flexibility index (Phi) is 4.66. The van der Waals surface area contributed by atoms with Crippen molar-refractivity contribution in [2.45, 2.75) is 0 Å². The van der Waals surface area contributed by atoms with E-state index in [4.69, 9.17) is 0 Å². The van der Waals surface area contributed by atoms with Crippen LogP contribution in [0.2, 0.25) is 0 Å². The van der Waals surface area contributed by atoms with Gasteiger partial charge in [0.05, 0.1) is 0 Å². The molecular weight excluding hydrogens is 415 g/mol. The standard InChI is InChI=1S/C24H17I/c25-24-17-22(19-12-6-2-7-13-19)21(18-10-4-1-5-11-18)16-23(24)20-14-8-3-9-15-20/h1-17H. The second kappa shape index (κ2) is 7.24. The maximum atomic E-state index is 2.45. The summed E-state index contributed by atoms with van der Waals surface area (Å²) in [6.07, 6.45) is 0. The van der Waals surface area contributed by atoms with Gasteiger partial charge in [-0.25, -0.2) is 0 Å². The van der Waals surface area contributed by atoms with Crippen LogP contribution in [0.1, 0.15) is 0 Å². The van der Waals surface area contributed by atoms with E-state index >= 15 is 0 Å². The quantitative estimate of drug-likeness (QED) is 0.298. The molecule has 25 heavy (non-hydrogen) atoms. The van der Waals surface area contributed by atoms with E-state index in [9.17, 15) is 0 Å². The zero-order chi connectivity index (χ0) is 17.1. The van der Waals surface area contributed by atoms with Gasteiger partial charge in [-0.15, -0.1) is 0 Å². The first-order valence-electron chi connectivity index (χ1n) is 8.33. The summed E-state index contributed by atoms with van der Waals surface area (Å²) in [5, 5.41) is 0. The average Bonchev–Trinajstić information content (AvgIpc) is 2.70. The summed E-state index contributed by atoms with van der Waals surface area (Å²) in [6, 6.07) is 36.5. The Morgan fingerprint density at radius 1 is 0.400 bits per heavy atom. The Labute approximate surface area is 162 Å². The Bertz CT molecular complexity index is 974. The molecule has 0 radical (unpaired) electrons. The second-order valence-corrected chi connectivity index (χ2v) is 7.14. The maximum absolute atomic E-state index is 2.45. The van der Waals surface area contributed by atoms with Crippen LogP contribution in [0.25, 0.3) is 33.4 Å². The molecule has 0 aromatic heterocycles. The molecule has 0 atom stereocenters. The molecule has 4 aromatic carbocycles. The molecule has 0 saturated heterocycles. The SMILES string of the molecule is Ic1cc(-c2ccccc2)c(-c2ccccc2)cc1-c1ccccc1. The smallest absolute Gasteiger partial charge is 0.0215 e. The van der Waals surface area contributed by atoms with Crippen molar-refractivity contribution in [3.8, 4) is 33.4 Å². The minimum atomic E-state index is 1.25. The minimum Gasteiger partial charge on any atom is -0.0622 e. The number of rotatable bonds is 3. The van der Waals surface area contributed by atoms with E-state index in [1.54, 1.807) is 0 Å². The van der Waals surface area contributed by atoms with Crippen molar-refractivity contribution in [2.75, 3.05) is 0 Å². The van der Waals surface area contributed by atoms with E-state index in [0.717, 1.165) is 0 Å². The molecule has 0 spiro atoms. The van der Waals surface area contributed by atoms with Crippen LogP contribution in [0.15, 0.2) is 103 Å². The predicted molar refractivity (Wildman–Crippen MR) is 115 cm³/mol. The van der Waals surface area contributed by atoms with E-state index in [-0.39, 0.29) is 0 Å². The summed E-state index contributed by atoms with van der Waals surface area (Å²) >= 11 is 2.45. The van der Waals surface area contributed by atoms with Gasteiger partial charge in [0.1, 0.15) is 0 Å². The van der Waals surface area contributed by atoms with Crippen LogP contribution in [0.4, 0.5) is 0 Å². The van der Waals surface area contributed by atoms with Crippen LogP contribution in [-0.4, -0.2) is 0 Å². The van der Waals surface area contributed by atoms with E-state index in [1.807, 2.05) is 0 Å². The van der Waals surface area contributed by atoms with E-state index in [0.29, 0.717) is 0 Å². The first kappa shape index (κ1) is 16.1. The molecular formula is C24H17I. The topological polar surface area (TPSA) is 0 Å². The predicted octanol–water partition coefficient (Wildman–Crippen LogP) is 7.29. The van der Waals surface area contributed by atoms with Crippen molar-refractivity contribution in [1.29, 1.82) is 0 Å². The number of hydrogen-bond acceptors (Lipinski definition) is 0. The molecule has 4 aromatic rings. The van der Waals surface area contributed by atoms with Crippen LogP contribution >= 0.6 is 22.6 Å². The highest BCUT2D eigenvalue weighted by atomic mass is 127. The summed E-state index contributed by atoms with van der Waals surface area (Å²) in [6.45, 7) is 0. The third kappa shape index (κ3) is 3.38. The van der Waals surface area contributed by atoms with Gasteiger partial charge in [-0.1, -0.05) is 91.0 Å². The van der Waals surface area contributed by atoms with Gasteiger partial charge in [0.2, 0.25) is 0 Å². The summed E-state index contributed by atoms with van der Waals surface area (Å²) in [4.78, 5) is 0. The first-order chi connectivity index (χ1) is 12.3. The highest BCUT2D eigenvalue weighted by Gasteiger charge is 2.13.